The van der Waals surface area contributed by atoms with Crippen LogP contribution in [0, 0.1) is 5.95 Å². The molecular weight excluding hydrogens is 477 g/mol. The zero-order chi connectivity index (χ0) is 25.1. The lowest BCUT2D eigenvalue weighted by molar-refractivity contribution is 0.101. The average molecular weight is 506 g/mol. The van der Waals surface area contributed by atoms with Crippen LogP contribution in [0.15, 0.2) is 66.3 Å². The molecule has 1 saturated heterocycles. The molecule has 1 fully saturated rings. The van der Waals surface area contributed by atoms with Crippen molar-refractivity contribution in [2.45, 2.75) is 45.4 Å². The first-order valence-corrected chi connectivity index (χ1v) is 12.9. The van der Waals surface area contributed by atoms with Crippen LogP contribution in [0.25, 0.3) is 0 Å². The topological polar surface area (TPSA) is 72.3 Å². The third kappa shape index (κ3) is 5.41. The molecule has 5 rings (SSSR count). The highest BCUT2D eigenvalue weighted by Gasteiger charge is 2.28. The van der Waals surface area contributed by atoms with Gasteiger partial charge in [0.25, 0.3) is 5.91 Å². The lowest BCUT2D eigenvalue weighted by Crippen LogP contribution is -2.23. The molecule has 4 heterocycles. The summed E-state index contributed by atoms with van der Waals surface area (Å²) in [4.78, 5) is 23.7. The lowest BCUT2D eigenvalue weighted by atomic mass is 10.1. The van der Waals surface area contributed by atoms with Gasteiger partial charge in [-0.25, -0.2) is 9.97 Å². The molecule has 3 aromatic heterocycles. The summed E-state index contributed by atoms with van der Waals surface area (Å²) >= 11 is 1.42. The Bertz CT molecular complexity index is 1330. The van der Waals surface area contributed by atoms with Crippen molar-refractivity contribution in [2.75, 3.05) is 16.8 Å². The van der Waals surface area contributed by atoms with Crippen molar-refractivity contribution >= 4 is 28.1 Å². The van der Waals surface area contributed by atoms with Gasteiger partial charge in [0.2, 0.25) is 5.95 Å². The number of nitrogens with zero attached hydrogens (tertiary/aromatic N) is 4. The van der Waals surface area contributed by atoms with Crippen molar-refractivity contribution in [3.8, 4) is 5.75 Å². The number of hydrogen-bond acceptors (Lipinski definition) is 6. The third-order valence-electron chi connectivity index (χ3n) is 6.08. The van der Waals surface area contributed by atoms with E-state index in [1.54, 1.807) is 29.0 Å². The minimum Gasteiger partial charge on any atom is -0.491 e. The van der Waals surface area contributed by atoms with Gasteiger partial charge in [-0.2, -0.15) is 4.39 Å². The van der Waals surface area contributed by atoms with Crippen LogP contribution in [0.2, 0.25) is 0 Å². The molecule has 1 amide bonds. The number of halogens is 1. The standard InChI is InChI=1S/C27H28FN5O2S/c1-18(2)35-21-9-7-20(8-10-21)33-14-4-5-23(33)22-17-36-27(30-22)31-26(34)24-6-3-13-32(24)16-19-11-12-29-25(28)15-19/h3,6-13,15,17-18,23H,4-5,14,16H2,1-2H3,(H,30,31,34). The minimum atomic E-state index is -0.540. The first-order valence-electron chi connectivity index (χ1n) is 12.0. The average Bonchev–Trinajstić information content (AvgIpc) is 3.60. The number of aromatic nitrogens is 3. The Labute approximate surface area is 213 Å². The number of benzene rings is 1. The fourth-order valence-electron chi connectivity index (χ4n) is 4.53. The molecule has 1 aromatic carbocycles. The van der Waals surface area contributed by atoms with Gasteiger partial charge in [-0.15, -0.1) is 11.3 Å². The van der Waals surface area contributed by atoms with E-state index in [2.05, 4.69) is 27.3 Å². The Balaban J connectivity index is 1.26. The fourth-order valence-corrected chi connectivity index (χ4v) is 5.28. The first-order chi connectivity index (χ1) is 17.5. The summed E-state index contributed by atoms with van der Waals surface area (Å²) < 4.78 is 21.0. The zero-order valence-electron chi connectivity index (χ0n) is 20.2. The first kappa shape index (κ1) is 24.0. The summed E-state index contributed by atoms with van der Waals surface area (Å²) in [7, 11) is 0. The van der Waals surface area contributed by atoms with Gasteiger partial charge in [-0.05, 0) is 80.8 Å². The maximum absolute atomic E-state index is 13.5. The van der Waals surface area contributed by atoms with Gasteiger partial charge < -0.3 is 14.2 Å². The largest absolute Gasteiger partial charge is 0.491 e. The number of thiazole rings is 1. The summed E-state index contributed by atoms with van der Waals surface area (Å²) in [6.45, 7) is 5.36. The Morgan fingerprint density at radius 1 is 1.25 bits per heavy atom. The second-order valence-electron chi connectivity index (χ2n) is 9.05. The fraction of sp³-hybridized carbons (Fsp3) is 0.296. The van der Waals surface area contributed by atoms with Crippen LogP contribution in [0.1, 0.15) is 54.5 Å². The summed E-state index contributed by atoms with van der Waals surface area (Å²) in [5.74, 6) is 0.0724. The molecule has 186 valence electrons. The SMILES string of the molecule is CC(C)Oc1ccc(N2CCCC2c2csc(NC(=O)c3cccn3Cc3ccnc(F)c3)n2)cc1. The van der Waals surface area contributed by atoms with E-state index in [0.29, 0.717) is 17.4 Å². The van der Waals surface area contributed by atoms with Gasteiger partial charge in [-0.3, -0.25) is 10.1 Å². The number of hydrogen-bond donors (Lipinski definition) is 1. The Kier molecular flexibility index (Phi) is 6.99. The molecule has 0 saturated carbocycles. The summed E-state index contributed by atoms with van der Waals surface area (Å²) in [5.41, 5.74) is 3.31. The zero-order valence-corrected chi connectivity index (χ0v) is 21.0. The lowest BCUT2D eigenvalue weighted by Gasteiger charge is -2.26. The van der Waals surface area contributed by atoms with Crippen molar-refractivity contribution in [1.29, 1.82) is 0 Å². The number of carbonyl (C=O) groups is 1. The molecular formula is C27H28FN5O2S. The summed E-state index contributed by atoms with van der Waals surface area (Å²) in [6, 6.07) is 15.0. The van der Waals surface area contributed by atoms with Gasteiger partial charge in [0.15, 0.2) is 5.13 Å². The van der Waals surface area contributed by atoms with E-state index >= 15 is 0 Å². The highest BCUT2D eigenvalue weighted by molar-refractivity contribution is 7.14. The Morgan fingerprint density at radius 2 is 2.08 bits per heavy atom. The van der Waals surface area contributed by atoms with Gasteiger partial charge in [0.1, 0.15) is 11.4 Å². The number of anilines is 2. The van der Waals surface area contributed by atoms with Crippen molar-refractivity contribution in [3.05, 3.63) is 89.2 Å². The van der Waals surface area contributed by atoms with E-state index < -0.39 is 5.95 Å². The molecule has 0 bridgehead atoms. The van der Waals surface area contributed by atoms with Gasteiger partial charge in [0, 0.05) is 36.6 Å². The number of nitrogens with one attached hydrogen (secondary N) is 1. The summed E-state index contributed by atoms with van der Waals surface area (Å²) in [5, 5.41) is 5.51. The molecule has 1 N–H and O–H groups in total. The van der Waals surface area contributed by atoms with Crippen molar-refractivity contribution in [3.63, 3.8) is 0 Å². The van der Waals surface area contributed by atoms with E-state index in [9.17, 15) is 9.18 Å². The number of carbonyl (C=O) groups excluding carboxylic acids is 1. The van der Waals surface area contributed by atoms with Gasteiger partial charge in [0.05, 0.1) is 17.8 Å². The highest BCUT2D eigenvalue weighted by atomic mass is 32.1. The molecule has 0 spiro atoms. The van der Waals surface area contributed by atoms with E-state index in [1.807, 2.05) is 31.4 Å². The Hall–Kier alpha value is -3.72. The van der Waals surface area contributed by atoms with Crippen LogP contribution < -0.4 is 15.0 Å². The van der Waals surface area contributed by atoms with E-state index in [1.165, 1.54) is 23.6 Å². The molecule has 7 nitrogen and oxygen atoms in total. The van der Waals surface area contributed by atoms with Gasteiger partial charge in [-0.1, -0.05) is 0 Å². The van der Waals surface area contributed by atoms with Crippen LogP contribution in [-0.4, -0.2) is 33.1 Å². The molecule has 9 heteroatoms. The molecule has 4 aromatic rings. The molecule has 1 unspecified atom stereocenters. The smallest absolute Gasteiger partial charge is 0.274 e. The predicted molar refractivity (Wildman–Crippen MR) is 139 cm³/mol. The van der Waals surface area contributed by atoms with E-state index in [4.69, 9.17) is 9.72 Å². The predicted octanol–water partition coefficient (Wildman–Crippen LogP) is 5.91. The van der Waals surface area contributed by atoms with Crippen molar-refractivity contribution < 1.29 is 13.9 Å². The molecule has 0 radical (unpaired) electrons. The van der Waals surface area contributed by atoms with Crippen LogP contribution in [-0.2, 0) is 6.54 Å². The molecule has 0 aliphatic carbocycles. The highest BCUT2D eigenvalue weighted by Crippen LogP contribution is 2.37. The quantitative estimate of drug-likeness (QED) is 0.302. The molecule has 36 heavy (non-hydrogen) atoms. The number of pyridine rings is 1. The van der Waals surface area contributed by atoms with Crippen LogP contribution in [0.4, 0.5) is 15.2 Å². The summed E-state index contributed by atoms with van der Waals surface area (Å²) in [6.07, 6.45) is 5.45. The second kappa shape index (κ2) is 10.5. The van der Waals surface area contributed by atoms with Crippen molar-refractivity contribution in [2.24, 2.45) is 0 Å². The monoisotopic (exact) mass is 505 g/mol. The number of rotatable bonds is 8. The normalized spacial score (nSPS) is 15.4. The second-order valence-corrected chi connectivity index (χ2v) is 9.91. The molecule has 1 atom stereocenters. The Morgan fingerprint density at radius 3 is 2.86 bits per heavy atom. The van der Waals surface area contributed by atoms with E-state index in [-0.39, 0.29) is 18.1 Å². The maximum Gasteiger partial charge on any atom is 0.274 e. The number of ether oxygens (including phenoxy) is 1. The van der Waals surface area contributed by atoms with Crippen LogP contribution >= 0.6 is 11.3 Å². The molecule has 1 aliphatic rings. The maximum atomic E-state index is 13.5. The third-order valence-corrected chi connectivity index (χ3v) is 6.86. The molecule has 1 aliphatic heterocycles. The van der Waals surface area contributed by atoms with E-state index in [0.717, 1.165) is 42.1 Å². The van der Waals surface area contributed by atoms with Gasteiger partial charge >= 0.3 is 0 Å². The minimum absolute atomic E-state index is 0.139. The van der Waals surface area contributed by atoms with Crippen LogP contribution in [0.5, 0.6) is 5.75 Å². The number of amides is 1. The van der Waals surface area contributed by atoms with Crippen molar-refractivity contribution in [1.82, 2.24) is 14.5 Å². The van der Waals surface area contributed by atoms with Crippen LogP contribution in [0.3, 0.4) is 0 Å².